The standard InChI is InChI=1S/C12H15F2NO2/c1-3-15(4-5-16)12(17)9-7-10(13)8(2)6-11(9)14/h6-7,16H,3-5H2,1-2H3. The lowest BCUT2D eigenvalue weighted by Gasteiger charge is -2.20. The smallest absolute Gasteiger partial charge is 0.257 e. The number of nitrogens with zero attached hydrogens (tertiary/aromatic N) is 1. The van der Waals surface area contributed by atoms with Gasteiger partial charge in [0, 0.05) is 13.1 Å². The molecule has 0 spiro atoms. The summed E-state index contributed by atoms with van der Waals surface area (Å²) in [7, 11) is 0. The highest BCUT2D eigenvalue weighted by Gasteiger charge is 2.19. The van der Waals surface area contributed by atoms with E-state index in [1.54, 1.807) is 6.92 Å². The predicted molar refractivity (Wildman–Crippen MR) is 59.8 cm³/mol. The highest BCUT2D eigenvalue weighted by Crippen LogP contribution is 2.16. The summed E-state index contributed by atoms with van der Waals surface area (Å²) < 4.78 is 26.8. The Morgan fingerprint density at radius 2 is 2.00 bits per heavy atom. The Hall–Kier alpha value is -1.49. The number of likely N-dealkylation sites (N-methyl/N-ethyl adjacent to an activating group) is 1. The lowest BCUT2D eigenvalue weighted by atomic mass is 10.1. The van der Waals surface area contributed by atoms with Crippen LogP contribution < -0.4 is 0 Å². The van der Waals surface area contributed by atoms with E-state index in [2.05, 4.69) is 0 Å². The number of carbonyl (C=O) groups is 1. The van der Waals surface area contributed by atoms with Crippen LogP contribution in [0.5, 0.6) is 0 Å². The van der Waals surface area contributed by atoms with Crippen LogP contribution in [0.3, 0.4) is 0 Å². The molecule has 1 N–H and O–H groups in total. The van der Waals surface area contributed by atoms with Crippen molar-refractivity contribution in [1.82, 2.24) is 4.90 Å². The number of aliphatic hydroxyl groups excluding tert-OH is 1. The average Bonchev–Trinajstić information content (AvgIpc) is 2.30. The third-order valence-electron chi connectivity index (χ3n) is 2.52. The number of hydrogen-bond acceptors (Lipinski definition) is 2. The molecular formula is C12H15F2NO2. The van der Waals surface area contributed by atoms with E-state index in [9.17, 15) is 13.6 Å². The number of halogens is 2. The molecule has 0 saturated heterocycles. The van der Waals surface area contributed by atoms with Crippen LogP contribution in [-0.4, -0.2) is 35.6 Å². The Morgan fingerprint density at radius 1 is 1.35 bits per heavy atom. The van der Waals surface area contributed by atoms with E-state index in [4.69, 9.17) is 5.11 Å². The van der Waals surface area contributed by atoms with Crippen LogP contribution in [-0.2, 0) is 0 Å². The van der Waals surface area contributed by atoms with Gasteiger partial charge >= 0.3 is 0 Å². The molecule has 1 aromatic rings. The molecule has 3 nitrogen and oxygen atoms in total. The fourth-order valence-electron chi connectivity index (χ4n) is 1.50. The summed E-state index contributed by atoms with van der Waals surface area (Å²) in [4.78, 5) is 13.1. The van der Waals surface area contributed by atoms with Crippen LogP contribution in [0, 0.1) is 18.6 Å². The van der Waals surface area contributed by atoms with E-state index in [-0.39, 0.29) is 24.3 Å². The van der Waals surface area contributed by atoms with Crippen LogP contribution in [0.2, 0.25) is 0 Å². The first-order chi connectivity index (χ1) is 8.01. The lowest BCUT2D eigenvalue weighted by Crippen LogP contribution is -2.34. The van der Waals surface area contributed by atoms with Crippen molar-refractivity contribution in [3.8, 4) is 0 Å². The number of benzene rings is 1. The van der Waals surface area contributed by atoms with Gasteiger partial charge in [0.25, 0.3) is 5.91 Å². The molecule has 0 aliphatic heterocycles. The van der Waals surface area contributed by atoms with Gasteiger partial charge in [-0.2, -0.15) is 0 Å². The van der Waals surface area contributed by atoms with Crippen molar-refractivity contribution in [2.24, 2.45) is 0 Å². The number of amides is 1. The van der Waals surface area contributed by atoms with Crippen molar-refractivity contribution < 1.29 is 18.7 Å². The summed E-state index contributed by atoms with van der Waals surface area (Å²) in [5.41, 5.74) is -0.146. The minimum Gasteiger partial charge on any atom is -0.395 e. The van der Waals surface area contributed by atoms with Gasteiger partial charge < -0.3 is 10.0 Å². The summed E-state index contributed by atoms with van der Waals surface area (Å²) in [5.74, 6) is -1.97. The third-order valence-corrected chi connectivity index (χ3v) is 2.52. The molecule has 17 heavy (non-hydrogen) atoms. The lowest BCUT2D eigenvalue weighted by molar-refractivity contribution is 0.0726. The fraction of sp³-hybridized carbons (Fsp3) is 0.417. The molecule has 0 heterocycles. The zero-order valence-electron chi connectivity index (χ0n) is 9.83. The second-order valence-electron chi connectivity index (χ2n) is 3.69. The van der Waals surface area contributed by atoms with Gasteiger partial charge in [0.15, 0.2) is 0 Å². The van der Waals surface area contributed by atoms with Crippen molar-refractivity contribution in [2.75, 3.05) is 19.7 Å². The number of carbonyl (C=O) groups excluding carboxylic acids is 1. The second-order valence-corrected chi connectivity index (χ2v) is 3.69. The Balaban J connectivity index is 3.07. The van der Waals surface area contributed by atoms with Gasteiger partial charge in [0.05, 0.1) is 12.2 Å². The van der Waals surface area contributed by atoms with E-state index in [1.165, 1.54) is 11.8 Å². The van der Waals surface area contributed by atoms with E-state index < -0.39 is 17.5 Å². The molecule has 1 aromatic carbocycles. The molecule has 0 aromatic heterocycles. The SMILES string of the molecule is CCN(CCO)C(=O)c1cc(F)c(C)cc1F. The van der Waals surface area contributed by atoms with Crippen molar-refractivity contribution in [3.63, 3.8) is 0 Å². The first kappa shape index (κ1) is 13.6. The summed E-state index contributed by atoms with van der Waals surface area (Å²) in [6.07, 6.45) is 0. The molecule has 0 aliphatic carbocycles. The summed E-state index contributed by atoms with van der Waals surface area (Å²) in [5, 5.41) is 8.77. The molecule has 0 bridgehead atoms. The van der Waals surface area contributed by atoms with E-state index in [0.29, 0.717) is 6.54 Å². The van der Waals surface area contributed by atoms with E-state index >= 15 is 0 Å². The number of aliphatic hydroxyl groups is 1. The number of rotatable bonds is 4. The Kier molecular flexibility index (Phi) is 4.57. The monoisotopic (exact) mass is 243 g/mol. The predicted octanol–water partition coefficient (Wildman–Crippen LogP) is 1.73. The molecule has 0 radical (unpaired) electrons. The Bertz CT molecular complexity index is 421. The van der Waals surface area contributed by atoms with Crippen molar-refractivity contribution >= 4 is 5.91 Å². The first-order valence-electron chi connectivity index (χ1n) is 5.37. The molecule has 0 aliphatic rings. The maximum absolute atomic E-state index is 13.5. The van der Waals surface area contributed by atoms with E-state index in [1.807, 2.05) is 0 Å². The van der Waals surface area contributed by atoms with Gasteiger partial charge in [0.1, 0.15) is 11.6 Å². The molecule has 1 rings (SSSR count). The molecule has 0 unspecified atom stereocenters. The quantitative estimate of drug-likeness (QED) is 0.874. The molecule has 0 fully saturated rings. The van der Waals surface area contributed by atoms with Gasteiger partial charge in [-0.05, 0) is 31.5 Å². The second kappa shape index (κ2) is 5.72. The van der Waals surface area contributed by atoms with Crippen LogP contribution in [0.25, 0.3) is 0 Å². The van der Waals surface area contributed by atoms with Crippen LogP contribution in [0.1, 0.15) is 22.8 Å². The van der Waals surface area contributed by atoms with Gasteiger partial charge in [-0.25, -0.2) is 8.78 Å². The van der Waals surface area contributed by atoms with Crippen LogP contribution in [0.4, 0.5) is 8.78 Å². The van der Waals surface area contributed by atoms with Gasteiger partial charge in [-0.3, -0.25) is 4.79 Å². The van der Waals surface area contributed by atoms with Crippen molar-refractivity contribution in [2.45, 2.75) is 13.8 Å². The minimum absolute atomic E-state index is 0.101. The summed E-state index contributed by atoms with van der Waals surface area (Å²) in [6, 6.07) is 1.89. The third kappa shape index (κ3) is 3.00. The van der Waals surface area contributed by atoms with Crippen LogP contribution >= 0.6 is 0 Å². The topological polar surface area (TPSA) is 40.5 Å². The normalized spacial score (nSPS) is 10.4. The molecule has 1 amide bonds. The molecule has 5 heteroatoms. The molecule has 0 atom stereocenters. The number of hydrogen-bond donors (Lipinski definition) is 1. The van der Waals surface area contributed by atoms with Crippen LogP contribution in [0.15, 0.2) is 12.1 Å². The minimum atomic E-state index is -0.745. The molecule has 0 saturated carbocycles. The first-order valence-corrected chi connectivity index (χ1v) is 5.37. The Morgan fingerprint density at radius 3 is 2.53 bits per heavy atom. The maximum atomic E-state index is 13.5. The van der Waals surface area contributed by atoms with Crippen molar-refractivity contribution in [3.05, 3.63) is 34.9 Å². The largest absolute Gasteiger partial charge is 0.395 e. The van der Waals surface area contributed by atoms with E-state index in [0.717, 1.165) is 12.1 Å². The zero-order valence-corrected chi connectivity index (χ0v) is 9.83. The van der Waals surface area contributed by atoms with Gasteiger partial charge in [0.2, 0.25) is 0 Å². The summed E-state index contributed by atoms with van der Waals surface area (Å²) >= 11 is 0. The average molecular weight is 243 g/mol. The van der Waals surface area contributed by atoms with Crippen molar-refractivity contribution in [1.29, 1.82) is 0 Å². The highest BCUT2D eigenvalue weighted by atomic mass is 19.1. The fourth-order valence-corrected chi connectivity index (χ4v) is 1.50. The maximum Gasteiger partial charge on any atom is 0.257 e. The Labute approximate surface area is 98.7 Å². The molecule has 94 valence electrons. The van der Waals surface area contributed by atoms with Gasteiger partial charge in [-0.15, -0.1) is 0 Å². The zero-order chi connectivity index (χ0) is 13.0. The highest BCUT2D eigenvalue weighted by molar-refractivity contribution is 5.94. The molecular weight excluding hydrogens is 228 g/mol. The van der Waals surface area contributed by atoms with Gasteiger partial charge in [-0.1, -0.05) is 0 Å². The number of aryl methyl sites for hydroxylation is 1. The summed E-state index contributed by atoms with van der Waals surface area (Å²) in [6.45, 7) is 3.35.